The molecule has 0 saturated carbocycles. The van der Waals surface area contributed by atoms with E-state index < -0.39 is 31.0 Å². The molecule has 1 aromatic rings. The van der Waals surface area contributed by atoms with Gasteiger partial charge in [-0.25, -0.2) is 0 Å². The Hall–Kier alpha value is -1.56. The van der Waals surface area contributed by atoms with Crippen molar-refractivity contribution >= 4 is 5.91 Å². The van der Waals surface area contributed by atoms with E-state index in [0.29, 0.717) is 6.42 Å². The Morgan fingerprint density at radius 2 is 2.05 bits per heavy atom. The Labute approximate surface area is 109 Å². The van der Waals surface area contributed by atoms with E-state index in [4.69, 9.17) is 5.73 Å². The molecule has 1 amide bonds. The molecule has 0 aliphatic heterocycles. The van der Waals surface area contributed by atoms with Gasteiger partial charge in [-0.05, 0) is 17.5 Å². The van der Waals surface area contributed by atoms with Crippen molar-refractivity contribution in [2.45, 2.75) is 37.5 Å². The molecule has 2 rings (SSSR count). The van der Waals surface area contributed by atoms with Gasteiger partial charge in [0.15, 0.2) is 0 Å². The summed E-state index contributed by atoms with van der Waals surface area (Å²) >= 11 is 0. The highest BCUT2D eigenvalue weighted by Gasteiger charge is 2.32. The molecule has 6 heteroatoms. The normalized spacial score (nSPS) is 22.1. The van der Waals surface area contributed by atoms with Gasteiger partial charge in [0, 0.05) is 12.5 Å². The minimum Gasteiger partial charge on any atom is -0.348 e. The smallest absolute Gasteiger partial charge is 0.348 e. The number of fused-ring (bicyclic) bond motifs is 1. The van der Waals surface area contributed by atoms with Crippen LogP contribution in [-0.2, 0) is 11.2 Å². The first-order valence-corrected chi connectivity index (χ1v) is 6.06. The summed E-state index contributed by atoms with van der Waals surface area (Å²) in [6, 6.07) is 6.78. The molecule has 0 saturated heterocycles. The van der Waals surface area contributed by atoms with Gasteiger partial charge in [0.1, 0.15) is 0 Å². The monoisotopic (exact) mass is 272 g/mol. The van der Waals surface area contributed by atoms with Crippen LogP contribution >= 0.6 is 0 Å². The average molecular weight is 272 g/mol. The lowest BCUT2D eigenvalue weighted by Gasteiger charge is -2.19. The van der Waals surface area contributed by atoms with Crippen molar-refractivity contribution in [3.05, 3.63) is 35.4 Å². The Balaban J connectivity index is 1.98. The number of benzene rings is 1. The molecule has 0 fully saturated rings. The van der Waals surface area contributed by atoms with Crippen molar-refractivity contribution in [1.82, 2.24) is 5.32 Å². The summed E-state index contributed by atoms with van der Waals surface area (Å²) in [6.45, 7) is 0. The summed E-state index contributed by atoms with van der Waals surface area (Å²) < 4.78 is 36.1. The molecule has 0 bridgehead atoms. The van der Waals surface area contributed by atoms with Gasteiger partial charge in [0.05, 0.1) is 12.5 Å². The molecule has 19 heavy (non-hydrogen) atoms. The van der Waals surface area contributed by atoms with Crippen molar-refractivity contribution in [3.63, 3.8) is 0 Å². The molecule has 1 aromatic carbocycles. The largest absolute Gasteiger partial charge is 0.389 e. The fourth-order valence-corrected chi connectivity index (χ4v) is 2.31. The Morgan fingerprint density at radius 1 is 1.37 bits per heavy atom. The van der Waals surface area contributed by atoms with E-state index in [1.807, 2.05) is 24.3 Å². The van der Waals surface area contributed by atoms with E-state index in [1.54, 1.807) is 0 Å². The number of hydrogen-bond acceptors (Lipinski definition) is 2. The van der Waals surface area contributed by atoms with Gasteiger partial charge in [-0.15, -0.1) is 0 Å². The SMILES string of the molecule is NC1Cc2ccccc2C1NC(=O)CCC(F)(F)F. The van der Waals surface area contributed by atoms with Crippen LogP contribution in [0.4, 0.5) is 13.2 Å². The number of halogens is 3. The first-order valence-electron chi connectivity index (χ1n) is 6.06. The van der Waals surface area contributed by atoms with Crippen LogP contribution in [0.3, 0.4) is 0 Å². The van der Waals surface area contributed by atoms with Gasteiger partial charge >= 0.3 is 6.18 Å². The molecule has 3 nitrogen and oxygen atoms in total. The van der Waals surface area contributed by atoms with Crippen molar-refractivity contribution < 1.29 is 18.0 Å². The zero-order valence-corrected chi connectivity index (χ0v) is 10.2. The van der Waals surface area contributed by atoms with E-state index >= 15 is 0 Å². The topological polar surface area (TPSA) is 55.1 Å². The molecule has 104 valence electrons. The number of rotatable bonds is 3. The molecule has 2 atom stereocenters. The molecule has 2 unspecified atom stereocenters. The van der Waals surface area contributed by atoms with Gasteiger partial charge in [0.2, 0.25) is 5.91 Å². The third-order valence-electron chi connectivity index (χ3n) is 3.23. The van der Waals surface area contributed by atoms with Crippen molar-refractivity contribution in [3.8, 4) is 0 Å². The van der Waals surface area contributed by atoms with Crippen LogP contribution in [0.15, 0.2) is 24.3 Å². The molecular weight excluding hydrogens is 257 g/mol. The molecule has 0 spiro atoms. The number of alkyl halides is 3. The lowest BCUT2D eigenvalue weighted by Crippen LogP contribution is -2.38. The van der Waals surface area contributed by atoms with E-state index in [1.165, 1.54) is 0 Å². The Bertz CT molecular complexity index is 473. The summed E-state index contributed by atoms with van der Waals surface area (Å²) in [7, 11) is 0. The predicted molar refractivity (Wildman–Crippen MR) is 64.3 cm³/mol. The second-order valence-corrected chi connectivity index (χ2v) is 4.73. The number of amides is 1. The van der Waals surface area contributed by atoms with Crippen LogP contribution in [0.5, 0.6) is 0 Å². The minimum absolute atomic E-state index is 0.285. The van der Waals surface area contributed by atoms with E-state index in [2.05, 4.69) is 5.32 Å². The number of nitrogens with one attached hydrogen (secondary N) is 1. The van der Waals surface area contributed by atoms with Crippen LogP contribution in [0.1, 0.15) is 30.0 Å². The van der Waals surface area contributed by atoms with Crippen LogP contribution in [0, 0.1) is 0 Å². The first kappa shape index (κ1) is 13.9. The highest BCUT2D eigenvalue weighted by Crippen LogP contribution is 2.30. The molecule has 0 radical (unpaired) electrons. The summed E-state index contributed by atoms with van der Waals surface area (Å²) in [5.41, 5.74) is 7.86. The Morgan fingerprint density at radius 3 is 2.74 bits per heavy atom. The Kier molecular flexibility index (Phi) is 3.80. The van der Waals surface area contributed by atoms with Crippen molar-refractivity contribution in [2.24, 2.45) is 5.73 Å². The van der Waals surface area contributed by atoms with Gasteiger partial charge in [-0.3, -0.25) is 4.79 Å². The summed E-state index contributed by atoms with van der Waals surface area (Å²) in [5, 5.41) is 2.59. The molecule has 0 heterocycles. The van der Waals surface area contributed by atoms with Crippen LogP contribution in [0.2, 0.25) is 0 Å². The lowest BCUT2D eigenvalue weighted by atomic mass is 10.1. The number of carbonyl (C=O) groups is 1. The quantitative estimate of drug-likeness (QED) is 0.885. The second kappa shape index (κ2) is 5.21. The van der Waals surface area contributed by atoms with Gasteiger partial charge in [0.25, 0.3) is 0 Å². The first-order chi connectivity index (χ1) is 8.87. The fourth-order valence-electron chi connectivity index (χ4n) is 2.31. The standard InChI is InChI=1S/C13H15F3N2O/c14-13(15,16)6-5-11(19)18-12-9-4-2-1-3-8(9)7-10(12)17/h1-4,10,12H,5-7,17H2,(H,18,19). The van der Waals surface area contributed by atoms with Crippen LogP contribution < -0.4 is 11.1 Å². The molecule has 0 aromatic heterocycles. The molecule has 3 N–H and O–H groups in total. The van der Waals surface area contributed by atoms with E-state index in [-0.39, 0.29) is 6.04 Å². The minimum atomic E-state index is -4.31. The van der Waals surface area contributed by atoms with E-state index in [9.17, 15) is 18.0 Å². The molecule has 1 aliphatic carbocycles. The summed E-state index contributed by atoms with van der Waals surface area (Å²) in [4.78, 5) is 11.5. The van der Waals surface area contributed by atoms with Crippen LogP contribution in [0.25, 0.3) is 0 Å². The fraction of sp³-hybridized carbons (Fsp3) is 0.462. The number of carbonyl (C=O) groups excluding carboxylic acids is 1. The molecule has 1 aliphatic rings. The molecular formula is C13H15F3N2O. The third kappa shape index (κ3) is 3.47. The van der Waals surface area contributed by atoms with Crippen LogP contribution in [-0.4, -0.2) is 18.1 Å². The van der Waals surface area contributed by atoms with Gasteiger partial charge in [-0.1, -0.05) is 24.3 Å². The van der Waals surface area contributed by atoms with Crippen molar-refractivity contribution in [2.75, 3.05) is 0 Å². The zero-order chi connectivity index (χ0) is 14.0. The van der Waals surface area contributed by atoms with Crippen molar-refractivity contribution in [1.29, 1.82) is 0 Å². The van der Waals surface area contributed by atoms with Gasteiger partial charge < -0.3 is 11.1 Å². The maximum absolute atomic E-state index is 12.0. The highest BCUT2D eigenvalue weighted by atomic mass is 19.4. The number of nitrogens with two attached hydrogens (primary N) is 1. The summed E-state index contributed by atoms with van der Waals surface area (Å²) in [6.07, 6.45) is -5.36. The van der Waals surface area contributed by atoms with E-state index in [0.717, 1.165) is 11.1 Å². The average Bonchev–Trinajstić information content (AvgIpc) is 2.63. The zero-order valence-electron chi connectivity index (χ0n) is 10.2. The number of hydrogen-bond donors (Lipinski definition) is 2. The lowest BCUT2D eigenvalue weighted by molar-refractivity contribution is -0.144. The third-order valence-corrected chi connectivity index (χ3v) is 3.23. The predicted octanol–water partition coefficient (Wildman–Crippen LogP) is 2.07. The van der Waals surface area contributed by atoms with Gasteiger partial charge in [-0.2, -0.15) is 13.2 Å². The second-order valence-electron chi connectivity index (χ2n) is 4.73. The highest BCUT2D eigenvalue weighted by molar-refractivity contribution is 5.76. The maximum atomic E-state index is 12.0. The maximum Gasteiger partial charge on any atom is 0.389 e. The summed E-state index contributed by atoms with van der Waals surface area (Å²) in [5.74, 6) is -0.616.